The molecule has 8 heteroatoms. The van der Waals surface area contributed by atoms with Crippen LogP contribution in [0.2, 0.25) is 0 Å². The van der Waals surface area contributed by atoms with Crippen LogP contribution in [0.1, 0.15) is 12.5 Å². The number of ether oxygens (including phenoxy) is 1. The van der Waals surface area contributed by atoms with Gasteiger partial charge < -0.3 is 9.84 Å². The average molecular weight is 315 g/mol. The number of esters is 1. The summed E-state index contributed by atoms with van der Waals surface area (Å²) in [6, 6.07) is 4.57. The molecule has 1 N–H and O–H groups in total. The number of likely N-dealkylation sites (N-methyl/N-ethyl adjacent to an activating group) is 1. The predicted octanol–water partition coefficient (Wildman–Crippen LogP) is 0.496. The number of benzene rings is 1. The number of hydrogen-bond acceptors (Lipinski definition) is 5. The minimum atomic E-state index is -3.95. The first-order valence-corrected chi connectivity index (χ1v) is 7.50. The molecule has 0 heterocycles. The Balaban J connectivity index is 3.12. The molecule has 1 rings (SSSR count). The van der Waals surface area contributed by atoms with Gasteiger partial charge in [0.05, 0.1) is 18.4 Å². The van der Waals surface area contributed by atoms with Gasteiger partial charge in [0.25, 0.3) is 0 Å². The Morgan fingerprint density at radius 2 is 2.00 bits per heavy atom. The number of carboxylic acid groups (broad SMARTS) is 1. The van der Waals surface area contributed by atoms with Crippen molar-refractivity contribution < 1.29 is 27.9 Å². The molecular weight excluding hydrogens is 298 g/mol. The van der Waals surface area contributed by atoms with Crippen molar-refractivity contribution in [2.75, 3.05) is 14.2 Å². The van der Waals surface area contributed by atoms with E-state index in [0.29, 0.717) is 5.56 Å². The van der Waals surface area contributed by atoms with Crippen molar-refractivity contribution in [3.8, 4) is 0 Å². The summed E-state index contributed by atoms with van der Waals surface area (Å²) in [4.78, 5) is 22.0. The quantitative estimate of drug-likeness (QED) is 0.767. The first kappa shape index (κ1) is 17.1. The Morgan fingerprint density at radius 3 is 2.52 bits per heavy atom. The van der Waals surface area contributed by atoms with E-state index in [2.05, 4.69) is 4.74 Å². The Bertz CT molecular complexity index is 640. The molecule has 0 aromatic heterocycles. The zero-order valence-corrected chi connectivity index (χ0v) is 12.8. The van der Waals surface area contributed by atoms with Crippen LogP contribution in [0.5, 0.6) is 0 Å². The summed E-state index contributed by atoms with van der Waals surface area (Å²) >= 11 is 0. The third-order valence-corrected chi connectivity index (χ3v) is 4.98. The molecule has 7 nitrogen and oxygen atoms in total. The van der Waals surface area contributed by atoms with Gasteiger partial charge in [0.1, 0.15) is 6.04 Å². The van der Waals surface area contributed by atoms with Crippen LogP contribution in [0.4, 0.5) is 0 Å². The van der Waals surface area contributed by atoms with Crippen LogP contribution in [-0.2, 0) is 30.8 Å². The van der Waals surface area contributed by atoms with Crippen LogP contribution in [0.15, 0.2) is 29.2 Å². The van der Waals surface area contributed by atoms with Gasteiger partial charge in [-0.3, -0.25) is 9.59 Å². The van der Waals surface area contributed by atoms with Crippen molar-refractivity contribution in [1.82, 2.24) is 4.31 Å². The molecule has 0 fully saturated rings. The molecule has 0 amide bonds. The molecule has 1 unspecified atom stereocenters. The van der Waals surface area contributed by atoms with E-state index in [1.165, 1.54) is 39.3 Å². The lowest BCUT2D eigenvalue weighted by Crippen LogP contribution is -2.40. The topological polar surface area (TPSA) is 101 Å². The lowest BCUT2D eigenvalue weighted by molar-refractivity contribution is -0.141. The van der Waals surface area contributed by atoms with Crippen molar-refractivity contribution in [3.63, 3.8) is 0 Å². The van der Waals surface area contributed by atoms with Crippen LogP contribution in [0, 0.1) is 0 Å². The summed E-state index contributed by atoms with van der Waals surface area (Å²) in [6.07, 6.45) is -0.0575. The second kappa shape index (κ2) is 6.68. The fourth-order valence-corrected chi connectivity index (χ4v) is 2.97. The smallest absolute Gasteiger partial charge is 0.321 e. The maximum Gasteiger partial charge on any atom is 0.321 e. The Morgan fingerprint density at radius 1 is 1.38 bits per heavy atom. The van der Waals surface area contributed by atoms with E-state index < -0.39 is 28.0 Å². The fourth-order valence-electron chi connectivity index (χ4n) is 1.58. The third kappa shape index (κ3) is 4.02. The van der Waals surface area contributed by atoms with E-state index in [1.807, 2.05) is 0 Å². The maximum absolute atomic E-state index is 12.3. The first-order chi connectivity index (χ1) is 9.70. The lowest BCUT2D eigenvalue weighted by Gasteiger charge is -2.21. The zero-order chi connectivity index (χ0) is 16.2. The van der Waals surface area contributed by atoms with Gasteiger partial charge in [-0.05, 0) is 24.6 Å². The summed E-state index contributed by atoms with van der Waals surface area (Å²) < 4.78 is 30.0. The monoisotopic (exact) mass is 315 g/mol. The van der Waals surface area contributed by atoms with Gasteiger partial charge in [0.2, 0.25) is 10.0 Å². The largest absolute Gasteiger partial charge is 0.480 e. The van der Waals surface area contributed by atoms with E-state index in [-0.39, 0.29) is 11.3 Å². The van der Waals surface area contributed by atoms with Crippen molar-refractivity contribution >= 4 is 22.0 Å². The highest BCUT2D eigenvalue weighted by Gasteiger charge is 2.29. The number of rotatable bonds is 6. The normalized spacial score (nSPS) is 13.0. The number of methoxy groups -OCH3 is 1. The van der Waals surface area contributed by atoms with Crippen molar-refractivity contribution in [2.24, 2.45) is 0 Å². The molecule has 0 spiro atoms. The molecule has 0 bridgehead atoms. The zero-order valence-electron chi connectivity index (χ0n) is 11.9. The molecule has 1 aromatic rings. The summed E-state index contributed by atoms with van der Waals surface area (Å²) in [5, 5.41) is 8.90. The summed E-state index contributed by atoms with van der Waals surface area (Å²) in [5.41, 5.74) is 0.472. The number of sulfonamides is 1. The summed E-state index contributed by atoms with van der Waals surface area (Å²) in [7, 11) is -1.51. The molecule has 21 heavy (non-hydrogen) atoms. The van der Waals surface area contributed by atoms with Crippen molar-refractivity contribution in [2.45, 2.75) is 24.3 Å². The highest BCUT2D eigenvalue weighted by molar-refractivity contribution is 7.89. The second-order valence-electron chi connectivity index (χ2n) is 4.44. The second-order valence-corrected chi connectivity index (χ2v) is 6.43. The van der Waals surface area contributed by atoms with E-state index in [4.69, 9.17) is 5.11 Å². The molecule has 0 aliphatic rings. The van der Waals surface area contributed by atoms with Gasteiger partial charge in [-0.15, -0.1) is 0 Å². The standard InChI is InChI=1S/C13H17NO6S/c1-9(13(16)17)14(2)21(18,19)11-6-4-5-10(7-11)8-12(15)20-3/h4-7,9H,8H2,1-3H3,(H,16,17). The van der Waals surface area contributed by atoms with Crippen molar-refractivity contribution in [3.05, 3.63) is 29.8 Å². The summed E-state index contributed by atoms with van der Waals surface area (Å²) in [6.45, 7) is 1.28. The van der Waals surface area contributed by atoms with Gasteiger partial charge in [-0.25, -0.2) is 8.42 Å². The van der Waals surface area contributed by atoms with Gasteiger partial charge in [0.15, 0.2) is 0 Å². The summed E-state index contributed by atoms with van der Waals surface area (Å²) in [5.74, 6) is -1.73. The van der Waals surface area contributed by atoms with Gasteiger partial charge in [-0.2, -0.15) is 4.31 Å². The molecule has 0 aliphatic heterocycles. The van der Waals surface area contributed by atoms with Gasteiger partial charge in [0, 0.05) is 7.05 Å². The molecule has 0 radical (unpaired) electrons. The lowest BCUT2D eigenvalue weighted by atomic mass is 10.1. The van der Waals surface area contributed by atoms with Gasteiger partial charge in [-0.1, -0.05) is 12.1 Å². The molecule has 0 aliphatic carbocycles. The average Bonchev–Trinajstić information content (AvgIpc) is 2.45. The number of aliphatic carboxylic acids is 1. The van der Waals surface area contributed by atoms with E-state index >= 15 is 0 Å². The Hall–Kier alpha value is -1.93. The highest BCUT2D eigenvalue weighted by atomic mass is 32.2. The minimum absolute atomic E-state index is 0.0575. The number of nitrogens with zero attached hydrogens (tertiary/aromatic N) is 1. The van der Waals surface area contributed by atoms with Crippen LogP contribution < -0.4 is 0 Å². The minimum Gasteiger partial charge on any atom is -0.480 e. The highest BCUT2D eigenvalue weighted by Crippen LogP contribution is 2.18. The number of carbonyl (C=O) groups is 2. The van der Waals surface area contributed by atoms with Crippen LogP contribution in [-0.4, -0.2) is 50.0 Å². The molecule has 0 saturated carbocycles. The van der Waals surface area contributed by atoms with Gasteiger partial charge >= 0.3 is 11.9 Å². The predicted molar refractivity (Wildman–Crippen MR) is 74.2 cm³/mol. The van der Waals surface area contributed by atoms with Crippen LogP contribution in [0.3, 0.4) is 0 Å². The Kier molecular flexibility index (Phi) is 5.45. The fraction of sp³-hybridized carbons (Fsp3) is 0.385. The molecule has 1 aromatic carbocycles. The molecular formula is C13H17NO6S. The SMILES string of the molecule is COC(=O)Cc1cccc(S(=O)(=O)N(C)C(C)C(=O)O)c1. The van der Waals surface area contributed by atoms with E-state index in [0.717, 1.165) is 4.31 Å². The van der Waals surface area contributed by atoms with E-state index in [1.54, 1.807) is 6.07 Å². The Labute approximate surface area is 123 Å². The van der Waals surface area contributed by atoms with Crippen LogP contribution >= 0.6 is 0 Å². The first-order valence-electron chi connectivity index (χ1n) is 6.06. The number of carbonyl (C=O) groups excluding carboxylic acids is 1. The number of carboxylic acids is 1. The number of hydrogen-bond donors (Lipinski definition) is 1. The molecule has 1 atom stereocenters. The maximum atomic E-state index is 12.3. The van der Waals surface area contributed by atoms with Crippen LogP contribution in [0.25, 0.3) is 0 Å². The molecule has 0 saturated heterocycles. The third-order valence-electron chi connectivity index (χ3n) is 3.05. The van der Waals surface area contributed by atoms with Crippen molar-refractivity contribution in [1.29, 1.82) is 0 Å². The molecule has 116 valence electrons. The van der Waals surface area contributed by atoms with E-state index in [9.17, 15) is 18.0 Å².